The lowest BCUT2D eigenvalue weighted by Crippen LogP contribution is -2.18. The molecule has 0 heterocycles. The molecule has 0 spiro atoms. The fourth-order valence-corrected chi connectivity index (χ4v) is 3.05. The summed E-state index contributed by atoms with van der Waals surface area (Å²) in [6, 6.07) is 9.50. The lowest BCUT2D eigenvalue weighted by atomic mass is 9.98. The van der Waals surface area contributed by atoms with Gasteiger partial charge in [0.15, 0.2) is 0 Å². The Kier molecular flexibility index (Phi) is 5.15. The molecule has 0 aliphatic heterocycles. The molecule has 0 aromatic heterocycles. The molecule has 0 radical (unpaired) electrons. The standard InChI is InChI=1S/C17H16F3NO2S/c1-3-13-11-16(24(22,23)21-2)8-7-14(13)9-12-5-4-6-15(10-12)17(18,19)20/h3-8,10-11,21H,1,9H2,2H3. The molecule has 0 aliphatic rings. The molecule has 0 aliphatic carbocycles. The fourth-order valence-electron chi connectivity index (χ4n) is 2.29. The largest absolute Gasteiger partial charge is 0.416 e. The van der Waals surface area contributed by atoms with Crippen LogP contribution < -0.4 is 4.72 Å². The first kappa shape index (κ1) is 18.2. The second-order valence-electron chi connectivity index (χ2n) is 5.15. The van der Waals surface area contributed by atoms with Gasteiger partial charge in [-0.2, -0.15) is 13.2 Å². The molecule has 0 saturated heterocycles. The molecule has 24 heavy (non-hydrogen) atoms. The molecule has 1 N–H and O–H groups in total. The Morgan fingerprint density at radius 2 is 1.88 bits per heavy atom. The van der Waals surface area contributed by atoms with Gasteiger partial charge in [0.2, 0.25) is 10.0 Å². The van der Waals surface area contributed by atoms with Crippen molar-refractivity contribution in [1.29, 1.82) is 0 Å². The van der Waals surface area contributed by atoms with Gasteiger partial charge in [0, 0.05) is 0 Å². The summed E-state index contributed by atoms with van der Waals surface area (Å²) in [7, 11) is -2.29. The summed E-state index contributed by atoms with van der Waals surface area (Å²) in [6.45, 7) is 3.64. The van der Waals surface area contributed by atoms with E-state index in [9.17, 15) is 21.6 Å². The van der Waals surface area contributed by atoms with Crippen molar-refractivity contribution in [1.82, 2.24) is 4.72 Å². The maximum absolute atomic E-state index is 12.8. The van der Waals surface area contributed by atoms with Crippen LogP contribution in [0.2, 0.25) is 0 Å². The Hall–Kier alpha value is -2.12. The highest BCUT2D eigenvalue weighted by Crippen LogP contribution is 2.30. The van der Waals surface area contributed by atoms with Crippen molar-refractivity contribution in [2.45, 2.75) is 17.5 Å². The first-order chi connectivity index (χ1) is 11.2. The van der Waals surface area contributed by atoms with Gasteiger partial charge in [-0.15, -0.1) is 0 Å². The van der Waals surface area contributed by atoms with Crippen molar-refractivity contribution in [3.05, 3.63) is 71.3 Å². The molecule has 0 fully saturated rings. The zero-order valence-electron chi connectivity index (χ0n) is 12.9. The summed E-state index contributed by atoms with van der Waals surface area (Å²) in [6.07, 6.45) is -2.68. The lowest BCUT2D eigenvalue weighted by Gasteiger charge is -2.11. The minimum Gasteiger partial charge on any atom is -0.214 e. The SMILES string of the molecule is C=Cc1cc(S(=O)(=O)NC)ccc1Cc1cccc(C(F)(F)F)c1. The molecule has 2 aromatic carbocycles. The van der Waals surface area contributed by atoms with Gasteiger partial charge in [-0.25, -0.2) is 13.1 Å². The van der Waals surface area contributed by atoms with Crippen molar-refractivity contribution < 1.29 is 21.6 Å². The molecule has 2 aromatic rings. The van der Waals surface area contributed by atoms with E-state index < -0.39 is 21.8 Å². The Bertz CT molecular complexity index is 858. The van der Waals surface area contributed by atoms with Gasteiger partial charge in [-0.3, -0.25) is 0 Å². The highest BCUT2D eigenvalue weighted by Gasteiger charge is 2.30. The van der Waals surface area contributed by atoms with Crippen molar-refractivity contribution >= 4 is 16.1 Å². The van der Waals surface area contributed by atoms with Crippen LogP contribution in [0.3, 0.4) is 0 Å². The number of hydrogen-bond acceptors (Lipinski definition) is 2. The third-order valence-corrected chi connectivity index (χ3v) is 4.98. The average Bonchev–Trinajstić information content (AvgIpc) is 2.54. The monoisotopic (exact) mass is 355 g/mol. The van der Waals surface area contributed by atoms with Gasteiger partial charge in [0.05, 0.1) is 10.5 Å². The third kappa shape index (κ3) is 4.04. The first-order valence-electron chi connectivity index (χ1n) is 7.02. The summed E-state index contributed by atoms with van der Waals surface area (Å²) in [5.74, 6) is 0. The zero-order chi connectivity index (χ0) is 18.0. The van der Waals surface area contributed by atoms with Gasteiger partial charge in [-0.05, 0) is 48.4 Å². The van der Waals surface area contributed by atoms with Crippen LogP contribution in [0, 0.1) is 0 Å². The molecule has 128 valence electrons. The maximum Gasteiger partial charge on any atom is 0.416 e. The van der Waals surface area contributed by atoms with Crippen LogP contribution in [0.1, 0.15) is 22.3 Å². The molecule has 0 saturated carbocycles. The Morgan fingerprint density at radius 1 is 1.17 bits per heavy atom. The van der Waals surface area contributed by atoms with Crippen LogP contribution in [0.15, 0.2) is 53.9 Å². The molecule has 7 heteroatoms. The quantitative estimate of drug-likeness (QED) is 0.886. The molecule has 2 rings (SSSR count). The fraction of sp³-hybridized carbons (Fsp3) is 0.176. The van der Waals surface area contributed by atoms with Crippen molar-refractivity contribution in [2.75, 3.05) is 7.05 Å². The molecular weight excluding hydrogens is 339 g/mol. The molecule has 0 amide bonds. The number of hydrogen-bond donors (Lipinski definition) is 1. The normalized spacial score (nSPS) is 12.2. The first-order valence-corrected chi connectivity index (χ1v) is 8.51. The van der Waals surface area contributed by atoms with Crippen LogP contribution in [-0.2, 0) is 22.6 Å². The second-order valence-corrected chi connectivity index (χ2v) is 7.03. The van der Waals surface area contributed by atoms with Crippen LogP contribution in [0.4, 0.5) is 13.2 Å². The maximum atomic E-state index is 12.8. The van der Waals surface area contributed by atoms with Gasteiger partial charge in [-0.1, -0.05) is 36.9 Å². The van der Waals surface area contributed by atoms with Crippen molar-refractivity contribution in [2.24, 2.45) is 0 Å². The Morgan fingerprint density at radius 3 is 2.46 bits per heavy atom. The predicted molar refractivity (Wildman–Crippen MR) is 87.0 cm³/mol. The number of halogens is 3. The van der Waals surface area contributed by atoms with Gasteiger partial charge in [0.1, 0.15) is 0 Å². The van der Waals surface area contributed by atoms with E-state index in [1.807, 2.05) is 0 Å². The zero-order valence-corrected chi connectivity index (χ0v) is 13.7. The predicted octanol–water partition coefficient (Wildman–Crippen LogP) is 3.85. The van der Waals surface area contributed by atoms with E-state index >= 15 is 0 Å². The highest BCUT2D eigenvalue weighted by atomic mass is 32.2. The van der Waals surface area contributed by atoms with Crippen LogP contribution in [-0.4, -0.2) is 15.5 Å². The van der Waals surface area contributed by atoms with Gasteiger partial charge < -0.3 is 0 Å². The Balaban J connectivity index is 2.39. The molecular formula is C17H16F3NO2S. The summed E-state index contributed by atoms with van der Waals surface area (Å²) < 4.78 is 64.2. The van der Waals surface area contributed by atoms with E-state index in [-0.39, 0.29) is 11.3 Å². The van der Waals surface area contributed by atoms with E-state index in [4.69, 9.17) is 0 Å². The third-order valence-electron chi connectivity index (χ3n) is 3.57. The van der Waals surface area contributed by atoms with E-state index in [2.05, 4.69) is 11.3 Å². The number of nitrogens with one attached hydrogen (secondary N) is 1. The number of benzene rings is 2. The summed E-state index contributed by atoms with van der Waals surface area (Å²) in [4.78, 5) is 0.0766. The smallest absolute Gasteiger partial charge is 0.214 e. The molecule has 0 bridgehead atoms. The average molecular weight is 355 g/mol. The number of sulfonamides is 1. The van der Waals surface area contributed by atoms with E-state index in [0.717, 1.165) is 12.1 Å². The second kappa shape index (κ2) is 6.78. The van der Waals surface area contributed by atoms with Crippen LogP contribution >= 0.6 is 0 Å². The molecule has 0 unspecified atom stereocenters. The summed E-state index contributed by atoms with van der Waals surface area (Å²) in [5.41, 5.74) is 1.02. The minimum absolute atomic E-state index is 0.0766. The van der Waals surface area contributed by atoms with E-state index in [1.54, 1.807) is 12.1 Å². The number of rotatable bonds is 5. The van der Waals surface area contributed by atoms with E-state index in [1.165, 1.54) is 31.3 Å². The van der Waals surface area contributed by atoms with E-state index in [0.29, 0.717) is 16.7 Å². The molecule has 3 nitrogen and oxygen atoms in total. The van der Waals surface area contributed by atoms with Crippen LogP contribution in [0.5, 0.6) is 0 Å². The summed E-state index contributed by atoms with van der Waals surface area (Å²) >= 11 is 0. The van der Waals surface area contributed by atoms with Crippen LogP contribution in [0.25, 0.3) is 6.08 Å². The van der Waals surface area contributed by atoms with Crippen molar-refractivity contribution in [3.8, 4) is 0 Å². The van der Waals surface area contributed by atoms with Gasteiger partial charge >= 0.3 is 6.18 Å². The Labute approximate surface area is 138 Å². The lowest BCUT2D eigenvalue weighted by molar-refractivity contribution is -0.137. The minimum atomic E-state index is -4.40. The topological polar surface area (TPSA) is 46.2 Å². The summed E-state index contributed by atoms with van der Waals surface area (Å²) in [5, 5.41) is 0. The van der Waals surface area contributed by atoms with Crippen molar-refractivity contribution in [3.63, 3.8) is 0 Å². The highest BCUT2D eigenvalue weighted by molar-refractivity contribution is 7.89. The van der Waals surface area contributed by atoms with Gasteiger partial charge in [0.25, 0.3) is 0 Å². The number of alkyl halides is 3. The molecule has 0 atom stereocenters.